The van der Waals surface area contributed by atoms with Crippen molar-refractivity contribution < 1.29 is 10.2 Å². The Morgan fingerprint density at radius 1 is 1.05 bits per heavy atom. The number of phenols is 2. The number of benzene rings is 2. The number of anilines is 1. The normalized spacial score (nSPS) is 17.1. The molecule has 116 valence electrons. The number of aromatic hydroxyl groups is 2. The molecule has 0 saturated carbocycles. The molecule has 3 rings (SSSR count). The van der Waals surface area contributed by atoms with Crippen LogP contribution in [-0.4, -0.2) is 23.8 Å². The molecule has 1 unspecified atom stereocenters. The van der Waals surface area contributed by atoms with E-state index in [-0.39, 0.29) is 0 Å². The van der Waals surface area contributed by atoms with Gasteiger partial charge in [-0.3, -0.25) is 0 Å². The van der Waals surface area contributed by atoms with Crippen molar-refractivity contribution >= 4 is 5.69 Å². The molecule has 2 aromatic rings. The third-order valence-electron chi connectivity index (χ3n) is 4.76. The van der Waals surface area contributed by atoms with E-state index in [2.05, 4.69) is 24.9 Å². The summed E-state index contributed by atoms with van der Waals surface area (Å²) in [6.07, 6.45) is 3.06. The molecule has 0 spiro atoms. The molecule has 0 radical (unpaired) electrons. The van der Waals surface area contributed by atoms with E-state index < -0.39 is 0 Å². The summed E-state index contributed by atoms with van der Waals surface area (Å²) in [6, 6.07) is 11.4. The first-order valence-corrected chi connectivity index (χ1v) is 7.93. The van der Waals surface area contributed by atoms with Crippen LogP contribution in [0.5, 0.6) is 11.5 Å². The summed E-state index contributed by atoms with van der Waals surface area (Å²) in [5, 5.41) is 19.4. The van der Waals surface area contributed by atoms with Gasteiger partial charge in [0.1, 0.15) is 11.5 Å². The lowest BCUT2D eigenvalue weighted by atomic mass is 9.79. The highest BCUT2D eigenvalue weighted by molar-refractivity contribution is 5.58. The second-order valence-electron chi connectivity index (χ2n) is 6.15. The first kappa shape index (κ1) is 14.8. The van der Waals surface area contributed by atoms with Gasteiger partial charge >= 0.3 is 0 Å². The number of aryl methyl sites for hydroxylation is 1. The zero-order valence-electron chi connectivity index (χ0n) is 13.2. The molecule has 3 nitrogen and oxygen atoms in total. The SMILES string of the molecule is CCN(C)c1cc(O)ccc1C1CCc2cc(O)ccc2C1. The zero-order valence-corrected chi connectivity index (χ0v) is 13.2. The number of rotatable bonds is 3. The van der Waals surface area contributed by atoms with Crippen LogP contribution >= 0.6 is 0 Å². The first-order valence-electron chi connectivity index (χ1n) is 7.93. The van der Waals surface area contributed by atoms with E-state index in [9.17, 15) is 10.2 Å². The van der Waals surface area contributed by atoms with Crippen LogP contribution in [-0.2, 0) is 12.8 Å². The van der Waals surface area contributed by atoms with Gasteiger partial charge in [0.05, 0.1) is 0 Å². The van der Waals surface area contributed by atoms with Gasteiger partial charge in [-0.2, -0.15) is 0 Å². The Labute approximate surface area is 131 Å². The fraction of sp³-hybridized carbons (Fsp3) is 0.368. The Bertz CT molecular complexity index is 681. The van der Waals surface area contributed by atoms with Gasteiger partial charge in [0.15, 0.2) is 0 Å². The Morgan fingerprint density at radius 3 is 2.55 bits per heavy atom. The lowest BCUT2D eigenvalue weighted by Crippen LogP contribution is -2.20. The standard InChI is InChI=1S/C19H23NO2/c1-3-20(2)19-12-17(22)8-9-18(19)15-5-4-14-11-16(21)7-6-13(14)10-15/h6-9,11-12,15,21-22H,3-5,10H2,1-2H3. The van der Waals surface area contributed by atoms with E-state index in [0.29, 0.717) is 17.4 Å². The molecule has 0 bridgehead atoms. The topological polar surface area (TPSA) is 43.7 Å². The molecule has 3 heteroatoms. The minimum Gasteiger partial charge on any atom is -0.508 e. The van der Waals surface area contributed by atoms with E-state index in [1.165, 1.54) is 16.7 Å². The van der Waals surface area contributed by atoms with Crippen LogP contribution < -0.4 is 4.90 Å². The second-order valence-corrected chi connectivity index (χ2v) is 6.15. The van der Waals surface area contributed by atoms with E-state index in [0.717, 1.165) is 31.5 Å². The molecular weight excluding hydrogens is 274 g/mol. The van der Waals surface area contributed by atoms with Crippen molar-refractivity contribution in [2.24, 2.45) is 0 Å². The number of hydrogen-bond acceptors (Lipinski definition) is 3. The van der Waals surface area contributed by atoms with Crippen LogP contribution in [0, 0.1) is 0 Å². The monoisotopic (exact) mass is 297 g/mol. The molecule has 1 aliphatic rings. The van der Waals surface area contributed by atoms with Crippen LogP contribution in [0.3, 0.4) is 0 Å². The van der Waals surface area contributed by atoms with Gasteiger partial charge in [0.25, 0.3) is 0 Å². The number of hydrogen-bond donors (Lipinski definition) is 2. The Morgan fingerprint density at radius 2 is 1.77 bits per heavy atom. The highest BCUT2D eigenvalue weighted by atomic mass is 16.3. The van der Waals surface area contributed by atoms with Crippen LogP contribution in [0.4, 0.5) is 5.69 Å². The second kappa shape index (κ2) is 5.91. The van der Waals surface area contributed by atoms with Crippen LogP contribution in [0.25, 0.3) is 0 Å². The molecule has 0 fully saturated rings. The van der Waals surface area contributed by atoms with Gasteiger partial charge in [-0.15, -0.1) is 0 Å². The molecule has 0 aliphatic heterocycles. The average Bonchev–Trinajstić information content (AvgIpc) is 2.53. The Hall–Kier alpha value is -2.16. The Kier molecular flexibility index (Phi) is 3.97. The van der Waals surface area contributed by atoms with Gasteiger partial charge in [0, 0.05) is 25.3 Å². The molecule has 0 saturated heterocycles. The minimum absolute atomic E-state index is 0.320. The lowest BCUT2D eigenvalue weighted by Gasteiger charge is -2.29. The quantitative estimate of drug-likeness (QED) is 0.905. The number of nitrogens with zero attached hydrogens (tertiary/aromatic N) is 1. The molecule has 1 aliphatic carbocycles. The van der Waals surface area contributed by atoms with E-state index in [1.54, 1.807) is 12.1 Å². The molecule has 0 amide bonds. The molecular formula is C19H23NO2. The summed E-state index contributed by atoms with van der Waals surface area (Å²) < 4.78 is 0. The molecule has 22 heavy (non-hydrogen) atoms. The van der Waals surface area contributed by atoms with Crippen LogP contribution in [0.2, 0.25) is 0 Å². The van der Waals surface area contributed by atoms with Gasteiger partial charge < -0.3 is 15.1 Å². The Balaban J connectivity index is 1.94. The highest BCUT2D eigenvalue weighted by Gasteiger charge is 2.23. The van der Waals surface area contributed by atoms with E-state index in [4.69, 9.17) is 0 Å². The van der Waals surface area contributed by atoms with Crippen molar-refractivity contribution in [3.8, 4) is 11.5 Å². The summed E-state index contributed by atoms with van der Waals surface area (Å²) >= 11 is 0. The van der Waals surface area contributed by atoms with Gasteiger partial charge in [-0.25, -0.2) is 0 Å². The van der Waals surface area contributed by atoms with Crippen molar-refractivity contribution in [3.63, 3.8) is 0 Å². The summed E-state index contributed by atoms with van der Waals surface area (Å²) in [7, 11) is 2.06. The maximum atomic E-state index is 9.81. The molecule has 1 atom stereocenters. The van der Waals surface area contributed by atoms with Crippen LogP contribution in [0.15, 0.2) is 36.4 Å². The summed E-state index contributed by atoms with van der Waals surface area (Å²) in [5.74, 6) is 1.13. The van der Waals surface area contributed by atoms with Crippen molar-refractivity contribution in [3.05, 3.63) is 53.1 Å². The fourth-order valence-corrected chi connectivity index (χ4v) is 3.39. The van der Waals surface area contributed by atoms with E-state index >= 15 is 0 Å². The maximum Gasteiger partial charge on any atom is 0.117 e. The smallest absolute Gasteiger partial charge is 0.117 e. The van der Waals surface area contributed by atoms with Crippen molar-refractivity contribution in [2.75, 3.05) is 18.5 Å². The number of phenolic OH excluding ortho intramolecular Hbond substituents is 2. The van der Waals surface area contributed by atoms with Crippen molar-refractivity contribution in [1.29, 1.82) is 0 Å². The van der Waals surface area contributed by atoms with Gasteiger partial charge in [-0.05, 0) is 67.0 Å². The molecule has 0 heterocycles. The fourth-order valence-electron chi connectivity index (χ4n) is 3.39. The van der Waals surface area contributed by atoms with Crippen molar-refractivity contribution in [1.82, 2.24) is 0 Å². The van der Waals surface area contributed by atoms with Crippen molar-refractivity contribution in [2.45, 2.75) is 32.1 Å². The maximum absolute atomic E-state index is 9.81. The summed E-state index contributed by atoms with van der Waals surface area (Å²) in [6.45, 7) is 3.03. The van der Waals surface area contributed by atoms with E-state index in [1.807, 2.05) is 18.2 Å². The average molecular weight is 297 g/mol. The summed E-state index contributed by atoms with van der Waals surface area (Å²) in [5.41, 5.74) is 5.02. The largest absolute Gasteiger partial charge is 0.508 e. The lowest BCUT2D eigenvalue weighted by molar-refractivity contribution is 0.471. The first-order chi connectivity index (χ1) is 10.6. The zero-order chi connectivity index (χ0) is 15.7. The predicted octanol–water partition coefficient (Wildman–Crippen LogP) is 3.83. The third kappa shape index (κ3) is 2.76. The number of fused-ring (bicyclic) bond motifs is 1. The van der Waals surface area contributed by atoms with Gasteiger partial charge in [0.2, 0.25) is 0 Å². The van der Waals surface area contributed by atoms with Gasteiger partial charge in [-0.1, -0.05) is 12.1 Å². The molecule has 2 aromatic carbocycles. The highest BCUT2D eigenvalue weighted by Crippen LogP contribution is 2.39. The molecule has 0 aromatic heterocycles. The third-order valence-corrected chi connectivity index (χ3v) is 4.76. The van der Waals surface area contributed by atoms with Crippen LogP contribution in [0.1, 0.15) is 36.0 Å². The molecule has 2 N–H and O–H groups in total. The predicted molar refractivity (Wildman–Crippen MR) is 89.9 cm³/mol. The minimum atomic E-state index is 0.320. The summed E-state index contributed by atoms with van der Waals surface area (Å²) in [4.78, 5) is 2.18.